The van der Waals surface area contributed by atoms with Gasteiger partial charge in [-0.1, -0.05) is 11.3 Å². The fourth-order valence-electron chi connectivity index (χ4n) is 3.15. The molecule has 2 atom stereocenters. The number of quaternary nitrogens is 1. The second-order valence-electron chi connectivity index (χ2n) is 6.37. The van der Waals surface area contributed by atoms with Gasteiger partial charge in [-0.15, -0.1) is 0 Å². The molecule has 3 aromatic rings. The first-order valence-corrected chi connectivity index (χ1v) is 8.88. The van der Waals surface area contributed by atoms with E-state index in [1.807, 2.05) is 0 Å². The van der Waals surface area contributed by atoms with E-state index in [4.69, 9.17) is 9.84 Å². The van der Waals surface area contributed by atoms with Crippen LogP contribution < -0.4 is 9.22 Å². The highest BCUT2D eigenvalue weighted by molar-refractivity contribution is 7.22. The molecular weight excluding hydrogens is 397 g/mol. The van der Waals surface area contributed by atoms with E-state index in [1.54, 1.807) is 0 Å². The van der Waals surface area contributed by atoms with Gasteiger partial charge in [0, 0.05) is 6.07 Å². The highest BCUT2D eigenvalue weighted by Gasteiger charge is 2.52. The van der Waals surface area contributed by atoms with Crippen LogP contribution in [0.1, 0.15) is 6.42 Å². The van der Waals surface area contributed by atoms with Crippen LogP contribution in [0.5, 0.6) is 5.75 Å². The van der Waals surface area contributed by atoms with Gasteiger partial charge in [-0.25, -0.2) is 18.0 Å². The van der Waals surface area contributed by atoms with Gasteiger partial charge in [0.25, 0.3) is 5.13 Å². The smallest absolute Gasteiger partial charge is 0.367 e. The molecule has 0 radical (unpaired) electrons. The van der Waals surface area contributed by atoms with E-state index >= 15 is 0 Å². The summed E-state index contributed by atoms with van der Waals surface area (Å²) < 4.78 is 46.6. The Labute approximate surface area is 160 Å². The van der Waals surface area contributed by atoms with Crippen molar-refractivity contribution >= 4 is 44.2 Å². The standard InChI is InChI=1S/C18H11F3N2O4S/c1-23(18-22-16-13(28-18)5-3-9(20)15(16)21)10-6-8(19)2-4-11(10)27-12(17(23)26)7-14(24)25/h2-6,12H,7H2,1H3/p+1. The summed E-state index contributed by atoms with van der Waals surface area (Å²) in [6.45, 7) is 0. The molecule has 4 rings (SSSR count). The van der Waals surface area contributed by atoms with Crippen LogP contribution in [0.15, 0.2) is 30.3 Å². The van der Waals surface area contributed by atoms with Gasteiger partial charge in [0.2, 0.25) is 6.10 Å². The Morgan fingerprint density at radius 2 is 2.04 bits per heavy atom. The zero-order valence-electron chi connectivity index (χ0n) is 14.3. The second-order valence-corrected chi connectivity index (χ2v) is 7.37. The SMILES string of the molecule is C[N+]1(c2nc3c(F)c(F)ccc3s2)C(=O)C(CC(=O)O)Oc2ccc(F)cc21. The van der Waals surface area contributed by atoms with Gasteiger partial charge < -0.3 is 9.84 Å². The highest BCUT2D eigenvalue weighted by atomic mass is 32.1. The van der Waals surface area contributed by atoms with Crippen LogP contribution in [-0.2, 0) is 9.59 Å². The molecule has 2 aromatic carbocycles. The van der Waals surface area contributed by atoms with E-state index < -0.39 is 46.3 Å². The summed E-state index contributed by atoms with van der Waals surface area (Å²) in [6, 6.07) is 5.75. The third-order valence-corrected chi connectivity index (χ3v) is 5.76. The first kappa shape index (κ1) is 18.4. The number of thiazole rings is 1. The van der Waals surface area contributed by atoms with E-state index in [1.165, 1.54) is 19.2 Å². The molecule has 0 aliphatic carbocycles. The lowest BCUT2D eigenvalue weighted by molar-refractivity contribution is -0.146. The predicted octanol–water partition coefficient (Wildman–Crippen LogP) is 3.74. The number of aliphatic carboxylic acids is 1. The Bertz CT molecular complexity index is 1150. The number of nitrogens with zero attached hydrogens (tertiary/aromatic N) is 2. The van der Waals surface area contributed by atoms with Gasteiger partial charge in [-0.05, 0) is 24.3 Å². The first-order valence-electron chi connectivity index (χ1n) is 8.06. The predicted molar refractivity (Wildman–Crippen MR) is 95.0 cm³/mol. The van der Waals surface area contributed by atoms with Crippen molar-refractivity contribution < 1.29 is 32.6 Å². The van der Waals surface area contributed by atoms with Crippen LogP contribution in [0.25, 0.3) is 10.2 Å². The number of carboxylic acid groups (broad SMARTS) is 1. The van der Waals surface area contributed by atoms with Gasteiger partial charge >= 0.3 is 11.9 Å². The average Bonchev–Trinajstić information content (AvgIpc) is 3.08. The van der Waals surface area contributed by atoms with Crippen molar-refractivity contribution in [3.8, 4) is 5.75 Å². The number of benzene rings is 2. The molecule has 0 saturated carbocycles. The second kappa shape index (κ2) is 6.28. The minimum Gasteiger partial charge on any atom is -0.481 e. The molecule has 144 valence electrons. The molecule has 0 spiro atoms. The van der Waals surface area contributed by atoms with E-state index in [0.29, 0.717) is 4.70 Å². The highest BCUT2D eigenvalue weighted by Crippen LogP contribution is 2.47. The summed E-state index contributed by atoms with van der Waals surface area (Å²) in [4.78, 5) is 28.4. The van der Waals surface area contributed by atoms with Crippen molar-refractivity contribution in [3.05, 3.63) is 47.8 Å². The Hall–Kier alpha value is -2.98. The van der Waals surface area contributed by atoms with Crippen molar-refractivity contribution in [1.29, 1.82) is 0 Å². The van der Waals surface area contributed by atoms with Gasteiger partial charge in [0.15, 0.2) is 23.1 Å². The molecule has 0 bridgehead atoms. The van der Waals surface area contributed by atoms with E-state index in [0.717, 1.165) is 29.5 Å². The largest absolute Gasteiger partial charge is 0.481 e. The summed E-state index contributed by atoms with van der Waals surface area (Å²) in [5, 5.41) is 9.13. The van der Waals surface area contributed by atoms with Crippen molar-refractivity contribution in [2.75, 3.05) is 7.05 Å². The lowest BCUT2D eigenvalue weighted by Gasteiger charge is -2.36. The van der Waals surface area contributed by atoms with E-state index in [9.17, 15) is 22.8 Å². The number of carbonyl (C=O) groups excluding carboxylic acids is 1. The van der Waals surface area contributed by atoms with Crippen molar-refractivity contribution in [1.82, 2.24) is 9.47 Å². The third kappa shape index (κ3) is 2.64. The Kier molecular flexibility index (Phi) is 4.12. The quantitative estimate of drug-likeness (QED) is 0.667. The number of rotatable bonds is 3. The first-order chi connectivity index (χ1) is 13.2. The molecule has 28 heavy (non-hydrogen) atoms. The molecule has 10 heteroatoms. The van der Waals surface area contributed by atoms with Crippen LogP contribution in [0, 0.1) is 17.5 Å². The number of hydrogen-bond donors (Lipinski definition) is 1. The van der Waals surface area contributed by atoms with Crippen LogP contribution in [0.3, 0.4) is 0 Å². The van der Waals surface area contributed by atoms with Crippen molar-refractivity contribution in [2.45, 2.75) is 12.5 Å². The van der Waals surface area contributed by atoms with Gasteiger partial charge in [0.1, 0.15) is 11.3 Å². The maximum absolute atomic E-state index is 14.1. The van der Waals surface area contributed by atoms with E-state index in [-0.39, 0.29) is 22.1 Å². The molecule has 1 aliphatic rings. The molecule has 6 nitrogen and oxygen atoms in total. The Balaban J connectivity index is 1.97. The summed E-state index contributed by atoms with van der Waals surface area (Å²) in [5.74, 6) is -4.74. The molecule has 2 unspecified atom stereocenters. The Morgan fingerprint density at radius 1 is 1.29 bits per heavy atom. The maximum Gasteiger partial charge on any atom is 0.367 e. The summed E-state index contributed by atoms with van der Waals surface area (Å²) in [6.07, 6.45) is -1.97. The number of carbonyl (C=O) groups is 2. The topological polar surface area (TPSA) is 76.5 Å². The summed E-state index contributed by atoms with van der Waals surface area (Å²) >= 11 is 0.928. The fraction of sp³-hybridized carbons (Fsp3) is 0.167. The lowest BCUT2D eigenvalue weighted by atomic mass is 10.1. The van der Waals surface area contributed by atoms with Gasteiger partial charge in [-0.2, -0.15) is 9.47 Å². The zero-order valence-corrected chi connectivity index (χ0v) is 15.1. The summed E-state index contributed by atoms with van der Waals surface area (Å²) in [7, 11) is 1.39. The average molecular weight is 409 g/mol. The van der Waals surface area contributed by atoms with Crippen LogP contribution in [0.2, 0.25) is 0 Å². The molecule has 0 fully saturated rings. The molecule has 2 heterocycles. The third-order valence-electron chi connectivity index (χ3n) is 4.57. The molecule has 1 aliphatic heterocycles. The number of ether oxygens (including phenoxy) is 1. The minimum absolute atomic E-state index is 0.0371. The molecule has 1 N–H and O–H groups in total. The molecule has 1 amide bonds. The number of fused-ring (bicyclic) bond motifs is 2. The molecule has 1 aromatic heterocycles. The maximum atomic E-state index is 14.1. The number of carboxylic acids is 1. The zero-order chi connectivity index (χ0) is 20.2. The van der Waals surface area contributed by atoms with Gasteiger partial charge in [0.05, 0.1) is 18.2 Å². The lowest BCUT2D eigenvalue weighted by Crippen LogP contribution is -2.56. The normalized spacial score (nSPS) is 21.4. The number of halogens is 3. The minimum atomic E-state index is -1.35. The van der Waals surface area contributed by atoms with Crippen molar-refractivity contribution in [2.24, 2.45) is 0 Å². The molecular formula is C18H12F3N2O4S+. The Morgan fingerprint density at radius 3 is 2.75 bits per heavy atom. The monoisotopic (exact) mass is 409 g/mol. The fourth-order valence-corrected chi connectivity index (χ4v) is 4.22. The number of aromatic nitrogens is 1. The van der Waals surface area contributed by atoms with Crippen molar-refractivity contribution in [3.63, 3.8) is 0 Å². The number of hydrogen-bond acceptors (Lipinski definition) is 5. The number of likely N-dealkylation sites (N-methyl/N-ethyl adjacent to an activating group) is 1. The van der Waals surface area contributed by atoms with Crippen LogP contribution in [0.4, 0.5) is 24.0 Å². The summed E-state index contributed by atoms with van der Waals surface area (Å²) in [5.41, 5.74) is -0.169. The van der Waals surface area contributed by atoms with E-state index in [2.05, 4.69) is 4.98 Å². The van der Waals surface area contributed by atoms with Gasteiger partial charge in [-0.3, -0.25) is 4.79 Å². The van der Waals surface area contributed by atoms with Crippen LogP contribution >= 0.6 is 11.3 Å². The molecule has 0 saturated heterocycles. The van der Waals surface area contributed by atoms with Crippen LogP contribution in [-0.4, -0.2) is 35.1 Å². The number of amides is 1.